The maximum Gasteiger partial charge on any atom is 0.262 e. The summed E-state index contributed by atoms with van der Waals surface area (Å²) in [6.45, 7) is 7.09. The molecular weight excluding hydrogens is 420 g/mol. The van der Waals surface area contributed by atoms with Crippen LogP contribution < -0.4 is 9.44 Å². The molecule has 158 valence electrons. The first kappa shape index (κ1) is 21.9. The highest BCUT2D eigenvalue weighted by Crippen LogP contribution is 2.25. The Bertz CT molecular complexity index is 1220. The molecule has 0 saturated carbocycles. The van der Waals surface area contributed by atoms with Gasteiger partial charge in [0.2, 0.25) is 0 Å². The van der Waals surface area contributed by atoms with E-state index < -0.39 is 20.0 Å². The maximum atomic E-state index is 12.8. The summed E-state index contributed by atoms with van der Waals surface area (Å²) in [5.41, 5.74) is 3.43. The summed E-state index contributed by atoms with van der Waals surface area (Å²) >= 11 is 0. The molecule has 8 heteroatoms. The van der Waals surface area contributed by atoms with Crippen LogP contribution in [-0.2, 0) is 20.0 Å². The molecular formula is C22H24N2O4S2. The molecule has 0 amide bonds. The van der Waals surface area contributed by atoms with Crippen LogP contribution in [0.1, 0.15) is 22.3 Å². The number of nitrogens with one attached hydrogen (secondary N) is 2. The average molecular weight is 445 g/mol. The highest BCUT2D eigenvalue weighted by molar-refractivity contribution is 7.93. The number of hydrogen-bond acceptors (Lipinski definition) is 4. The predicted molar refractivity (Wildman–Crippen MR) is 120 cm³/mol. The van der Waals surface area contributed by atoms with Crippen molar-refractivity contribution in [2.45, 2.75) is 37.5 Å². The van der Waals surface area contributed by atoms with E-state index >= 15 is 0 Å². The van der Waals surface area contributed by atoms with Crippen molar-refractivity contribution in [3.63, 3.8) is 0 Å². The molecule has 3 aromatic carbocycles. The molecule has 0 fully saturated rings. The van der Waals surface area contributed by atoms with E-state index in [9.17, 15) is 16.8 Å². The zero-order chi connectivity index (χ0) is 22.1. The van der Waals surface area contributed by atoms with Gasteiger partial charge >= 0.3 is 0 Å². The lowest BCUT2D eigenvalue weighted by molar-refractivity contribution is 0.599. The Labute approximate surface area is 178 Å². The van der Waals surface area contributed by atoms with E-state index in [-0.39, 0.29) is 21.2 Å². The van der Waals surface area contributed by atoms with Crippen LogP contribution in [0.4, 0.5) is 11.4 Å². The number of aryl methyl sites for hydroxylation is 4. The van der Waals surface area contributed by atoms with Crippen LogP contribution in [0.25, 0.3) is 0 Å². The SMILES string of the molecule is Cc1ccc(C)c(S(=O)(=O)Nc2cccc(NS(=O)(=O)c3cc(C)ccc3C)c2)c1. The van der Waals surface area contributed by atoms with E-state index in [1.807, 2.05) is 26.0 Å². The highest BCUT2D eigenvalue weighted by atomic mass is 32.2. The Morgan fingerprint density at radius 2 is 0.967 bits per heavy atom. The summed E-state index contributed by atoms with van der Waals surface area (Å²) in [4.78, 5) is 0.368. The van der Waals surface area contributed by atoms with Crippen molar-refractivity contribution in [1.82, 2.24) is 0 Å². The van der Waals surface area contributed by atoms with Gasteiger partial charge < -0.3 is 0 Å². The number of anilines is 2. The number of hydrogen-bond donors (Lipinski definition) is 2. The van der Waals surface area contributed by atoms with Crippen molar-refractivity contribution < 1.29 is 16.8 Å². The monoisotopic (exact) mass is 444 g/mol. The molecule has 0 aromatic heterocycles. The van der Waals surface area contributed by atoms with E-state index in [4.69, 9.17) is 0 Å². The molecule has 3 aromatic rings. The summed E-state index contributed by atoms with van der Waals surface area (Å²) in [7, 11) is -7.64. The first-order chi connectivity index (χ1) is 14.0. The van der Waals surface area contributed by atoms with E-state index in [1.54, 1.807) is 56.3 Å². The molecule has 0 spiro atoms. The van der Waals surface area contributed by atoms with Crippen LogP contribution in [-0.4, -0.2) is 16.8 Å². The van der Waals surface area contributed by atoms with Gasteiger partial charge in [0.15, 0.2) is 0 Å². The molecule has 0 unspecified atom stereocenters. The van der Waals surface area contributed by atoms with Gasteiger partial charge in [0.1, 0.15) is 0 Å². The minimum Gasteiger partial charge on any atom is -0.280 e. The largest absolute Gasteiger partial charge is 0.280 e. The lowest BCUT2D eigenvalue weighted by atomic mass is 10.2. The van der Waals surface area contributed by atoms with Gasteiger partial charge in [-0.3, -0.25) is 9.44 Å². The summed E-state index contributed by atoms with van der Waals surface area (Å²) in [6, 6.07) is 16.6. The quantitative estimate of drug-likeness (QED) is 0.585. The van der Waals surface area contributed by atoms with Crippen LogP contribution in [0.2, 0.25) is 0 Å². The van der Waals surface area contributed by atoms with E-state index in [0.717, 1.165) is 11.1 Å². The van der Waals surface area contributed by atoms with Gasteiger partial charge in [-0.2, -0.15) is 0 Å². The molecule has 0 aliphatic carbocycles. The number of rotatable bonds is 6. The van der Waals surface area contributed by atoms with Crippen LogP contribution in [0.3, 0.4) is 0 Å². The Balaban J connectivity index is 1.90. The molecule has 2 N–H and O–H groups in total. The van der Waals surface area contributed by atoms with Gasteiger partial charge in [-0.1, -0.05) is 30.3 Å². The lowest BCUT2D eigenvalue weighted by Gasteiger charge is -2.14. The fraction of sp³-hybridized carbons (Fsp3) is 0.182. The Morgan fingerprint density at radius 1 is 0.567 bits per heavy atom. The van der Waals surface area contributed by atoms with Gasteiger partial charge in [0.25, 0.3) is 20.0 Å². The first-order valence-electron chi connectivity index (χ1n) is 9.28. The van der Waals surface area contributed by atoms with Gasteiger partial charge in [-0.25, -0.2) is 16.8 Å². The predicted octanol–water partition coefficient (Wildman–Crippen LogP) is 4.52. The normalized spacial score (nSPS) is 11.9. The van der Waals surface area contributed by atoms with Gasteiger partial charge in [-0.15, -0.1) is 0 Å². The summed E-state index contributed by atoms with van der Waals surface area (Å²) in [6.07, 6.45) is 0. The average Bonchev–Trinajstić information content (AvgIpc) is 2.65. The Morgan fingerprint density at radius 3 is 1.37 bits per heavy atom. The summed E-state index contributed by atoms with van der Waals surface area (Å²) < 4.78 is 56.4. The standard InChI is InChI=1S/C22H24N2O4S2/c1-15-8-10-17(3)21(12-15)29(25,26)23-19-6-5-7-20(14-19)24-30(27,28)22-13-16(2)9-11-18(22)4/h5-14,23-24H,1-4H3. The molecule has 0 aliphatic rings. The van der Waals surface area contributed by atoms with E-state index in [2.05, 4.69) is 9.44 Å². The minimum atomic E-state index is -3.82. The van der Waals surface area contributed by atoms with Crippen molar-refractivity contribution in [2.24, 2.45) is 0 Å². The van der Waals surface area contributed by atoms with Gasteiger partial charge in [0, 0.05) is 0 Å². The van der Waals surface area contributed by atoms with Gasteiger partial charge in [0.05, 0.1) is 21.2 Å². The van der Waals surface area contributed by atoms with Crippen LogP contribution in [0, 0.1) is 27.7 Å². The third-order valence-corrected chi connectivity index (χ3v) is 7.68. The molecule has 3 rings (SSSR count). The summed E-state index contributed by atoms with van der Waals surface area (Å²) in [5, 5.41) is 0. The second kappa shape index (κ2) is 8.12. The molecule has 0 aliphatic heterocycles. The fourth-order valence-corrected chi connectivity index (χ4v) is 5.82. The van der Waals surface area contributed by atoms with Crippen LogP contribution >= 0.6 is 0 Å². The number of sulfonamides is 2. The lowest BCUT2D eigenvalue weighted by Crippen LogP contribution is -2.16. The van der Waals surface area contributed by atoms with Crippen LogP contribution in [0.5, 0.6) is 0 Å². The molecule has 0 heterocycles. The first-order valence-corrected chi connectivity index (χ1v) is 12.2. The topological polar surface area (TPSA) is 92.3 Å². The Kier molecular flexibility index (Phi) is 5.92. The third-order valence-electron chi connectivity index (χ3n) is 4.63. The Hall–Kier alpha value is -2.84. The molecule has 6 nitrogen and oxygen atoms in total. The second-order valence-corrected chi connectivity index (χ2v) is 10.6. The molecule has 30 heavy (non-hydrogen) atoms. The van der Waals surface area contributed by atoms with E-state index in [1.165, 1.54) is 6.07 Å². The molecule has 0 radical (unpaired) electrons. The van der Waals surface area contributed by atoms with Gasteiger partial charge in [-0.05, 0) is 80.3 Å². The van der Waals surface area contributed by atoms with Crippen molar-refractivity contribution in [3.8, 4) is 0 Å². The highest BCUT2D eigenvalue weighted by Gasteiger charge is 2.19. The molecule has 0 saturated heterocycles. The zero-order valence-corrected chi connectivity index (χ0v) is 18.9. The van der Waals surface area contributed by atoms with Crippen molar-refractivity contribution in [2.75, 3.05) is 9.44 Å². The second-order valence-electron chi connectivity index (χ2n) is 7.33. The zero-order valence-electron chi connectivity index (χ0n) is 17.2. The number of benzene rings is 3. The van der Waals surface area contributed by atoms with E-state index in [0.29, 0.717) is 11.1 Å². The van der Waals surface area contributed by atoms with Crippen molar-refractivity contribution >= 4 is 31.4 Å². The maximum absolute atomic E-state index is 12.8. The third kappa shape index (κ3) is 4.83. The minimum absolute atomic E-state index is 0.184. The van der Waals surface area contributed by atoms with Crippen molar-refractivity contribution in [1.29, 1.82) is 0 Å². The molecule has 0 atom stereocenters. The summed E-state index contributed by atoms with van der Waals surface area (Å²) in [5.74, 6) is 0. The smallest absolute Gasteiger partial charge is 0.262 e. The van der Waals surface area contributed by atoms with Crippen molar-refractivity contribution in [3.05, 3.63) is 82.9 Å². The van der Waals surface area contributed by atoms with Crippen LogP contribution in [0.15, 0.2) is 70.5 Å². The fourth-order valence-electron chi connectivity index (χ4n) is 3.06. The molecule has 0 bridgehead atoms.